The number of fused-ring (bicyclic) bond motifs is 3. The SMILES string of the molecule is O=C(NC1C2CNCC21)C1c2ccccc2Oc2ccccc21. The fourth-order valence-electron chi connectivity index (χ4n) is 4.07. The van der Waals surface area contributed by atoms with Crippen LogP contribution in [0.15, 0.2) is 48.5 Å². The zero-order chi connectivity index (χ0) is 15.4. The quantitative estimate of drug-likeness (QED) is 0.895. The molecule has 0 bridgehead atoms. The van der Waals surface area contributed by atoms with Crippen molar-refractivity contribution in [3.8, 4) is 11.5 Å². The molecule has 1 saturated carbocycles. The molecule has 2 aromatic carbocycles. The van der Waals surface area contributed by atoms with E-state index >= 15 is 0 Å². The first-order chi connectivity index (χ1) is 11.3. The Balaban J connectivity index is 1.50. The summed E-state index contributed by atoms with van der Waals surface area (Å²) in [5, 5.41) is 6.64. The molecule has 2 N–H and O–H groups in total. The molecule has 1 aliphatic carbocycles. The Bertz CT molecular complexity index is 733. The number of hydrogen-bond acceptors (Lipinski definition) is 3. The third-order valence-corrected chi connectivity index (χ3v) is 5.34. The van der Waals surface area contributed by atoms with Gasteiger partial charge < -0.3 is 15.4 Å². The second-order valence-electron chi connectivity index (χ2n) is 6.63. The number of nitrogens with one attached hydrogen (secondary N) is 2. The van der Waals surface area contributed by atoms with Gasteiger partial charge in [0.1, 0.15) is 11.5 Å². The van der Waals surface area contributed by atoms with Crippen LogP contribution in [0.4, 0.5) is 0 Å². The lowest BCUT2D eigenvalue weighted by atomic mass is 9.87. The summed E-state index contributed by atoms with van der Waals surface area (Å²) in [5.41, 5.74) is 1.90. The molecule has 2 fully saturated rings. The van der Waals surface area contributed by atoms with Crippen LogP contribution in [0.3, 0.4) is 0 Å². The van der Waals surface area contributed by atoms with Gasteiger partial charge in [0.2, 0.25) is 5.91 Å². The molecule has 0 radical (unpaired) electrons. The average Bonchev–Trinajstić information content (AvgIpc) is 3.01. The second-order valence-corrected chi connectivity index (χ2v) is 6.63. The van der Waals surface area contributed by atoms with Crippen molar-refractivity contribution in [1.82, 2.24) is 10.6 Å². The number of amides is 1. The Morgan fingerprint density at radius 2 is 1.52 bits per heavy atom. The molecule has 116 valence electrons. The van der Waals surface area contributed by atoms with E-state index in [4.69, 9.17) is 4.74 Å². The predicted octanol–water partition coefficient (Wildman–Crippen LogP) is 2.26. The van der Waals surface area contributed by atoms with Crippen LogP contribution in [0, 0.1) is 11.8 Å². The average molecular weight is 306 g/mol. The van der Waals surface area contributed by atoms with Crippen molar-refractivity contribution in [2.75, 3.05) is 13.1 Å². The van der Waals surface area contributed by atoms with Gasteiger partial charge in [-0.1, -0.05) is 36.4 Å². The standard InChI is InChI=1S/C19H18N2O2/c22-19(21-18-13-9-20-10-14(13)18)17-11-5-1-3-7-15(11)23-16-8-4-2-6-12(16)17/h1-8,13-14,17-18,20H,9-10H2,(H,21,22). The van der Waals surface area contributed by atoms with Crippen LogP contribution in [-0.4, -0.2) is 25.0 Å². The summed E-state index contributed by atoms with van der Waals surface area (Å²) in [6, 6.07) is 16.0. The van der Waals surface area contributed by atoms with Crippen LogP contribution in [0.25, 0.3) is 0 Å². The van der Waals surface area contributed by atoms with Gasteiger partial charge in [-0.25, -0.2) is 0 Å². The van der Waals surface area contributed by atoms with Crippen LogP contribution in [0.2, 0.25) is 0 Å². The van der Waals surface area contributed by atoms with Crippen molar-refractivity contribution < 1.29 is 9.53 Å². The molecule has 0 aromatic heterocycles. The fourth-order valence-corrected chi connectivity index (χ4v) is 4.07. The molecule has 4 heteroatoms. The van der Waals surface area contributed by atoms with Gasteiger partial charge in [-0.3, -0.25) is 4.79 Å². The molecule has 3 aliphatic rings. The zero-order valence-electron chi connectivity index (χ0n) is 12.7. The molecule has 1 saturated heterocycles. The van der Waals surface area contributed by atoms with Gasteiger partial charge in [-0.15, -0.1) is 0 Å². The van der Waals surface area contributed by atoms with Crippen molar-refractivity contribution >= 4 is 5.91 Å². The normalized spacial score (nSPS) is 27.4. The highest BCUT2D eigenvalue weighted by Gasteiger charge is 2.54. The largest absolute Gasteiger partial charge is 0.457 e. The van der Waals surface area contributed by atoms with Gasteiger partial charge in [0.05, 0.1) is 5.92 Å². The molecule has 2 aliphatic heterocycles. The van der Waals surface area contributed by atoms with E-state index in [1.807, 2.05) is 48.5 Å². The number of carbonyl (C=O) groups is 1. The highest BCUT2D eigenvalue weighted by molar-refractivity contribution is 5.90. The Kier molecular flexibility index (Phi) is 2.76. The fraction of sp³-hybridized carbons (Fsp3) is 0.316. The van der Waals surface area contributed by atoms with E-state index in [0.717, 1.165) is 35.7 Å². The number of benzene rings is 2. The van der Waals surface area contributed by atoms with Crippen molar-refractivity contribution in [3.05, 3.63) is 59.7 Å². The van der Waals surface area contributed by atoms with E-state index in [1.165, 1.54) is 0 Å². The summed E-state index contributed by atoms with van der Waals surface area (Å²) in [5.74, 6) is 2.60. The van der Waals surface area contributed by atoms with Gasteiger partial charge in [-0.05, 0) is 24.0 Å². The third-order valence-electron chi connectivity index (χ3n) is 5.34. The molecule has 2 heterocycles. The van der Waals surface area contributed by atoms with Crippen molar-refractivity contribution in [2.45, 2.75) is 12.0 Å². The van der Waals surface area contributed by atoms with E-state index < -0.39 is 0 Å². The van der Waals surface area contributed by atoms with Crippen molar-refractivity contribution in [3.63, 3.8) is 0 Å². The van der Waals surface area contributed by atoms with Gasteiger partial charge in [-0.2, -0.15) is 0 Å². The van der Waals surface area contributed by atoms with E-state index in [2.05, 4.69) is 10.6 Å². The van der Waals surface area contributed by atoms with Crippen LogP contribution in [0.5, 0.6) is 11.5 Å². The first-order valence-corrected chi connectivity index (χ1v) is 8.20. The molecule has 23 heavy (non-hydrogen) atoms. The molecular formula is C19H18N2O2. The highest BCUT2D eigenvalue weighted by Crippen LogP contribution is 2.46. The summed E-state index contributed by atoms with van der Waals surface area (Å²) in [4.78, 5) is 13.0. The van der Waals surface area contributed by atoms with Crippen LogP contribution >= 0.6 is 0 Å². The number of piperidine rings is 1. The van der Waals surface area contributed by atoms with Crippen molar-refractivity contribution in [1.29, 1.82) is 0 Å². The molecular weight excluding hydrogens is 288 g/mol. The minimum atomic E-state index is -0.287. The number of carbonyl (C=O) groups excluding carboxylic acids is 1. The third kappa shape index (κ3) is 1.98. The van der Waals surface area contributed by atoms with Crippen molar-refractivity contribution in [2.24, 2.45) is 11.8 Å². The molecule has 1 amide bonds. The second kappa shape index (κ2) is 4.83. The van der Waals surface area contributed by atoms with Gasteiger partial charge >= 0.3 is 0 Å². The maximum absolute atomic E-state index is 13.0. The summed E-state index contributed by atoms with van der Waals surface area (Å²) >= 11 is 0. The van der Waals surface area contributed by atoms with E-state index in [-0.39, 0.29) is 11.8 Å². The minimum Gasteiger partial charge on any atom is -0.457 e. The summed E-state index contributed by atoms with van der Waals surface area (Å²) in [6.07, 6.45) is 0. The van der Waals surface area contributed by atoms with Gasteiger partial charge in [0, 0.05) is 30.3 Å². The summed E-state index contributed by atoms with van der Waals surface area (Å²) < 4.78 is 5.96. The Labute approximate surface area is 134 Å². The molecule has 0 spiro atoms. The zero-order valence-corrected chi connectivity index (χ0v) is 12.7. The minimum absolute atomic E-state index is 0.0904. The first-order valence-electron chi connectivity index (χ1n) is 8.20. The number of para-hydroxylation sites is 2. The predicted molar refractivity (Wildman–Crippen MR) is 86.6 cm³/mol. The topological polar surface area (TPSA) is 50.4 Å². The Morgan fingerprint density at radius 1 is 0.957 bits per heavy atom. The lowest BCUT2D eigenvalue weighted by Crippen LogP contribution is -2.37. The number of ether oxygens (including phenoxy) is 1. The molecule has 2 unspecified atom stereocenters. The molecule has 5 rings (SSSR count). The van der Waals surface area contributed by atoms with Gasteiger partial charge in [0.25, 0.3) is 0 Å². The van der Waals surface area contributed by atoms with E-state index in [9.17, 15) is 4.79 Å². The Morgan fingerprint density at radius 3 is 2.13 bits per heavy atom. The maximum atomic E-state index is 13.0. The molecule has 2 atom stereocenters. The number of hydrogen-bond donors (Lipinski definition) is 2. The van der Waals surface area contributed by atoms with E-state index in [0.29, 0.717) is 17.9 Å². The summed E-state index contributed by atoms with van der Waals surface area (Å²) in [6.45, 7) is 2.05. The lowest BCUT2D eigenvalue weighted by Gasteiger charge is -2.27. The van der Waals surface area contributed by atoms with Gasteiger partial charge in [0.15, 0.2) is 0 Å². The van der Waals surface area contributed by atoms with Crippen LogP contribution < -0.4 is 15.4 Å². The molecule has 2 aromatic rings. The van der Waals surface area contributed by atoms with Crippen LogP contribution in [0.1, 0.15) is 17.0 Å². The summed E-state index contributed by atoms with van der Waals surface area (Å²) in [7, 11) is 0. The lowest BCUT2D eigenvalue weighted by molar-refractivity contribution is -0.122. The smallest absolute Gasteiger partial charge is 0.232 e. The monoisotopic (exact) mass is 306 g/mol. The van der Waals surface area contributed by atoms with E-state index in [1.54, 1.807) is 0 Å². The van der Waals surface area contributed by atoms with Crippen LogP contribution in [-0.2, 0) is 4.79 Å². The molecule has 4 nitrogen and oxygen atoms in total. The number of rotatable bonds is 2. The first kappa shape index (κ1) is 13.1. The maximum Gasteiger partial charge on any atom is 0.232 e. The highest BCUT2D eigenvalue weighted by atomic mass is 16.5. The Hall–Kier alpha value is -2.33.